The molecule has 0 radical (unpaired) electrons. The fourth-order valence-corrected chi connectivity index (χ4v) is 9.76. The third-order valence-corrected chi connectivity index (χ3v) is 14.8. The van der Waals surface area contributed by atoms with E-state index in [-0.39, 0.29) is 37.1 Å². The van der Waals surface area contributed by atoms with Gasteiger partial charge in [-0.05, 0) is 89.3 Å². The average molecular weight is 883 g/mol. The van der Waals surface area contributed by atoms with Gasteiger partial charge in [-0.25, -0.2) is 18.2 Å². The van der Waals surface area contributed by atoms with Gasteiger partial charge in [0.2, 0.25) is 27.4 Å². The molecule has 2 saturated carbocycles. The Kier molecular flexibility index (Phi) is 11.4. The highest BCUT2D eigenvalue weighted by Crippen LogP contribution is 2.48. The molecule has 0 unspecified atom stereocenters. The fourth-order valence-electron chi connectivity index (χ4n) is 8.45. The van der Waals surface area contributed by atoms with Crippen LogP contribution in [0.3, 0.4) is 0 Å². The molecule has 2 aromatic carbocycles. The standard InChI is InChI=1S/C47H58N6O9S/c1-44(2,3)29-21-19-28(20-22-29)38-49-36-32-16-13-14-18-35(32)61-37(36)40(50-38)60-31-25-34-39(54)51-47(42(56)52-63(58,59)46(7)23-24-46)26-30(47)15-11-9-8-10-12-17-33(41(55)53(34)27-31)48-43(57)62-45(4,5)6/h11,13-16,18-22,30-31,33-34H,8-10,12,17,23-27H2,1-7H3,(H,48,57)(H,51,54)(H,52,56)/b15-11-/t30-,31-,33+,34+,47-/m1/s1. The molecule has 4 aromatic rings. The van der Waals surface area contributed by atoms with Crippen LogP contribution in [0.5, 0.6) is 5.88 Å². The third-order valence-electron chi connectivity index (χ3n) is 12.6. The topological polar surface area (TPSA) is 199 Å². The minimum Gasteiger partial charge on any atom is -0.470 e. The number of hydrogen-bond donors (Lipinski definition) is 3. The normalized spacial score (nSPS) is 25.8. The number of carbonyl (C=O) groups is 4. The van der Waals surface area contributed by atoms with Crippen molar-refractivity contribution >= 4 is 55.9 Å². The third kappa shape index (κ3) is 9.14. The van der Waals surface area contributed by atoms with E-state index in [1.165, 1.54) is 4.90 Å². The lowest BCUT2D eigenvalue weighted by Crippen LogP contribution is -2.58. The van der Waals surface area contributed by atoms with Crippen molar-refractivity contribution in [3.8, 4) is 17.3 Å². The Morgan fingerprint density at radius 2 is 1.70 bits per heavy atom. The summed E-state index contributed by atoms with van der Waals surface area (Å²) in [5, 5.41) is 6.44. The number of hydrogen-bond acceptors (Lipinski definition) is 11. The van der Waals surface area contributed by atoms with E-state index in [2.05, 4.69) is 36.1 Å². The minimum absolute atomic E-state index is 0.0212. The van der Waals surface area contributed by atoms with E-state index in [9.17, 15) is 27.6 Å². The number of rotatable bonds is 7. The van der Waals surface area contributed by atoms with Crippen molar-refractivity contribution in [2.45, 2.75) is 146 Å². The number of nitrogens with one attached hydrogen (secondary N) is 3. The maximum Gasteiger partial charge on any atom is 0.408 e. The van der Waals surface area contributed by atoms with E-state index >= 15 is 0 Å². The number of sulfonamides is 1. The smallest absolute Gasteiger partial charge is 0.408 e. The Labute approximate surface area is 368 Å². The van der Waals surface area contributed by atoms with Gasteiger partial charge in [-0.1, -0.05) is 82.2 Å². The van der Waals surface area contributed by atoms with Gasteiger partial charge in [0.15, 0.2) is 5.82 Å². The van der Waals surface area contributed by atoms with Gasteiger partial charge < -0.3 is 29.4 Å². The zero-order valence-corrected chi connectivity index (χ0v) is 37.9. The number of alkyl carbamates (subject to hydrolysis) is 1. The number of benzene rings is 2. The monoisotopic (exact) mass is 882 g/mol. The summed E-state index contributed by atoms with van der Waals surface area (Å²) in [6.07, 6.45) is 6.31. The first kappa shape index (κ1) is 44.1. The Hall–Kier alpha value is -5.51. The number of para-hydroxylation sites is 1. The van der Waals surface area contributed by atoms with E-state index in [0.29, 0.717) is 48.2 Å². The van der Waals surface area contributed by atoms with E-state index in [0.717, 1.165) is 29.4 Å². The number of fused-ring (bicyclic) bond motifs is 5. The molecule has 63 heavy (non-hydrogen) atoms. The van der Waals surface area contributed by atoms with Crippen LogP contribution in [-0.4, -0.2) is 87.7 Å². The predicted octanol–water partition coefficient (Wildman–Crippen LogP) is 6.98. The second-order valence-corrected chi connectivity index (χ2v) is 22.1. The van der Waals surface area contributed by atoms with Crippen LogP contribution in [0.25, 0.3) is 33.5 Å². The molecule has 4 heterocycles. The summed E-state index contributed by atoms with van der Waals surface area (Å²) in [5.41, 5.74) is 0.830. The highest BCUT2D eigenvalue weighted by Gasteiger charge is 2.63. The Balaban J connectivity index is 1.15. The highest BCUT2D eigenvalue weighted by molar-refractivity contribution is 7.91. The van der Waals surface area contributed by atoms with Gasteiger partial charge in [0, 0.05) is 23.3 Å². The molecule has 8 rings (SSSR count). The van der Waals surface area contributed by atoms with E-state index < -0.39 is 73.8 Å². The maximum atomic E-state index is 14.8. The molecule has 1 saturated heterocycles. The molecule has 4 amide bonds. The highest BCUT2D eigenvalue weighted by atomic mass is 32.2. The van der Waals surface area contributed by atoms with Gasteiger partial charge in [-0.3, -0.25) is 19.1 Å². The molecule has 16 heteroatoms. The van der Waals surface area contributed by atoms with Crippen molar-refractivity contribution in [2.75, 3.05) is 6.54 Å². The van der Waals surface area contributed by atoms with E-state index in [1.54, 1.807) is 27.7 Å². The summed E-state index contributed by atoms with van der Waals surface area (Å²) in [6, 6.07) is 13.3. The largest absolute Gasteiger partial charge is 0.470 e. The van der Waals surface area contributed by atoms with Gasteiger partial charge >= 0.3 is 6.09 Å². The first-order chi connectivity index (χ1) is 29.7. The second-order valence-electron chi connectivity index (χ2n) is 19.9. The molecule has 2 aromatic heterocycles. The Morgan fingerprint density at radius 1 is 0.968 bits per heavy atom. The number of aromatic nitrogens is 2. The zero-order chi connectivity index (χ0) is 45.1. The van der Waals surface area contributed by atoms with Gasteiger partial charge in [0.05, 0.1) is 11.3 Å². The van der Waals surface area contributed by atoms with Crippen molar-refractivity contribution < 1.29 is 41.5 Å². The van der Waals surface area contributed by atoms with Crippen molar-refractivity contribution in [3.05, 3.63) is 66.2 Å². The summed E-state index contributed by atoms with van der Waals surface area (Å²) in [4.78, 5) is 67.9. The summed E-state index contributed by atoms with van der Waals surface area (Å²) in [6.45, 7) is 13.1. The summed E-state index contributed by atoms with van der Waals surface area (Å²) >= 11 is 0. The number of carbonyl (C=O) groups excluding carboxylic acids is 4. The molecule has 2 aliphatic carbocycles. The predicted molar refractivity (Wildman–Crippen MR) is 237 cm³/mol. The zero-order valence-electron chi connectivity index (χ0n) is 37.1. The van der Waals surface area contributed by atoms with Gasteiger partial charge in [-0.15, -0.1) is 0 Å². The number of nitrogens with zero attached hydrogens (tertiary/aromatic N) is 3. The number of amides is 4. The number of ether oxygens (including phenoxy) is 2. The number of furan rings is 1. The lowest BCUT2D eigenvalue weighted by atomic mass is 9.87. The lowest BCUT2D eigenvalue weighted by Gasteiger charge is -2.30. The summed E-state index contributed by atoms with van der Waals surface area (Å²) in [5.74, 6) is -1.94. The maximum absolute atomic E-state index is 14.8. The summed E-state index contributed by atoms with van der Waals surface area (Å²) in [7, 11) is -4.02. The molecule has 336 valence electrons. The second kappa shape index (κ2) is 16.2. The minimum atomic E-state index is -4.02. The van der Waals surface area contributed by atoms with Crippen LogP contribution in [0, 0.1) is 5.92 Å². The molecule has 3 N–H and O–H groups in total. The fraction of sp³-hybridized carbons (Fsp3) is 0.532. The van der Waals surface area contributed by atoms with Crippen molar-refractivity contribution in [1.82, 2.24) is 30.2 Å². The van der Waals surface area contributed by atoms with Crippen molar-refractivity contribution in [1.29, 1.82) is 0 Å². The van der Waals surface area contributed by atoms with Gasteiger partial charge in [0.25, 0.3) is 11.8 Å². The van der Waals surface area contributed by atoms with Crippen LogP contribution in [0.2, 0.25) is 0 Å². The first-order valence-corrected chi connectivity index (χ1v) is 23.5. The van der Waals surface area contributed by atoms with Crippen LogP contribution < -0.4 is 20.1 Å². The molecule has 5 atom stereocenters. The van der Waals surface area contributed by atoms with Crippen LogP contribution in [0.1, 0.15) is 112 Å². The molecule has 0 bridgehead atoms. The quantitative estimate of drug-likeness (QED) is 0.162. The van der Waals surface area contributed by atoms with Crippen LogP contribution >= 0.6 is 0 Å². The lowest BCUT2D eigenvalue weighted by molar-refractivity contribution is -0.141. The molecule has 0 spiro atoms. The van der Waals surface area contributed by atoms with Crippen LogP contribution in [-0.2, 0) is 34.6 Å². The van der Waals surface area contributed by atoms with Crippen LogP contribution in [0.15, 0.2) is 65.1 Å². The van der Waals surface area contributed by atoms with E-state index in [1.807, 2.05) is 60.7 Å². The molecule has 4 aliphatic rings. The molecule has 2 aliphatic heterocycles. The first-order valence-electron chi connectivity index (χ1n) is 22.0. The summed E-state index contributed by atoms with van der Waals surface area (Å²) < 4.78 is 46.4. The Bertz CT molecular complexity index is 2590. The SMILES string of the molecule is CC(C)(C)OC(=O)N[C@H]1CCCCC/C=C\[C@@H]2C[C@@]2(C(=O)NS(=O)(=O)C2(C)CC2)NC(=O)[C@@H]2C[C@@H](Oc3nc(-c4ccc(C(C)(C)C)cc4)nc4c3oc3ccccc34)CN2C1=O. The molecule has 3 fully saturated rings. The Morgan fingerprint density at radius 3 is 2.40 bits per heavy atom. The van der Waals surface area contributed by atoms with E-state index in [4.69, 9.17) is 23.9 Å². The van der Waals surface area contributed by atoms with Crippen molar-refractivity contribution in [3.63, 3.8) is 0 Å². The van der Waals surface area contributed by atoms with Crippen molar-refractivity contribution in [2.24, 2.45) is 5.92 Å². The molecule has 15 nitrogen and oxygen atoms in total. The molecular formula is C47H58N6O9S. The van der Waals surface area contributed by atoms with Crippen LogP contribution in [0.4, 0.5) is 4.79 Å². The average Bonchev–Trinajstić information content (AvgIpc) is 4.03. The van der Waals surface area contributed by atoms with Gasteiger partial charge in [-0.2, -0.15) is 4.98 Å². The molecular weight excluding hydrogens is 825 g/mol. The number of allylic oxidation sites excluding steroid dienone is 1. The van der Waals surface area contributed by atoms with Gasteiger partial charge in [0.1, 0.15) is 40.4 Å².